The van der Waals surface area contributed by atoms with Crippen molar-refractivity contribution in [2.75, 3.05) is 28.4 Å². The van der Waals surface area contributed by atoms with Crippen LogP contribution >= 0.6 is 0 Å². The van der Waals surface area contributed by atoms with Gasteiger partial charge in [-0.15, -0.1) is 0 Å². The number of carbonyl (C=O) groups is 1. The van der Waals surface area contributed by atoms with Crippen LogP contribution in [0.5, 0.6) is 0 Å². The second kappa shape index (κ2) is 12.0. The van der Waals surface area contributed by atoms with E-state index in [1.54, 1.807) is 32.0 Å². The van der Waals surface area contributed by atoms with Crippen LogP contribution in [0.1, 0.15) is 25.0 Å². The molecule has 0 aromatic heterocycles. The van der Waals surface area contributed by atoms with Gasteiger partial charge in [0.1, 0.15) is 39.4 Å². The van der Waals surface area contributed by atoms with Gasteiger partial charge in [0.2, 0.25) is 0 Å². The predicted molar refractivity (Wildman–Crippen MR) is 107 cm³/mol. The summed E-state index contributed by atoms with van der Waals surface area (Å²) in [6.07, 6.45) is 0. The fraction of sp³-hybridized carbons (Fsp3) is 0.389. The molecule has 0 aliphatic rings. The van der Waals surface area contributed by atoms with Gasteiger partial charge < -0.3 is 24.7 Å². The van der Waals surface area contributed by atoms with Crippen molar-refractivity contribution >= 4 is 28.8 Å². The molecule has 0 unspecified atom stereocenters. The van der Waals surface area contributed by atoms with Gasteiger partial charge >= 0.3 is 0 Å². The molecule has 0 bridgehead atoms. The third-order valence-corrected chi connectivity index (χ3v) is 3.41. The van der Waals surface area contributed by atoms with Gasteiger partial charge in [-0.1, -0.05) is 44.9 Å². The molecule has 0 aliphatic heterocycles. The lowest BCUT2D eigenvalue weighted by atomic mass is 10.0. The third-order valence-electron chi connectivity index (χ3n) is 3.41. The van der Waals surface area contributed by atoms with E-state index in [-0.39, 0.29) is 18.2 Å². The maximum atomic E-state index is 12.1. The molecule has 10 heteroatoms. The van der Waals surface area contributed by atoms with E-state index in [0.29, 0.717) is 28.3 Å². The number of nitrogens with one attached hydrogen (secondary N) is 1. The lowest BCUT2D eigenvalue weighted by Gasteiger charge is -2.10. The molecule has 0 heterocycles. The Kier molecular flexibility index (Phi) is 9.73. The quantitative estimate of drug-likeness (QED) is 0.481. The minimum atomic E-state index is -0.380. The fourth-order valence-corrected chi connectivity index (χ4v) is 2.21. The van der Waals surface area contributed by atoms with Crippen molar-refractivity contribution in [1.82, 2.24) is 5.32 Å². The summed E-state index contributed by atoms with van der Waals surface area (Å²) < 4.78 is 0. The standard InChI is InChI=1S/C18H25N5O5/c1-12(20-25-4)16(22-26-5)13(2)21-28-11-14-9-7-8-10-15(14)17(23-27-6)18(24)19-3/h7-10H,11H2,1-6H3,(H,19,24)/b20-12-,21-13-,22-16-,23-17-. The largest absolute Gasteiger partial charge is 0.399 e. The molecule has 1 rings (SSSR count). The molecule has 0 saturated heterocycles. The van der Waals surface area contributed by atoms with E-state index >= 15 is 0 Å². The summed E-state index contributed by atoms with van der Waals surface area (Å²) in [4.78, 5) is 31.9. The van der Waals surface area contributed by atoms with Crippen LogP contribution in [0.2, 0.25) is 0 Å². The Morgan fingerprint density at radius 1 is 0.929 bits per heavy atom. The fourth-order valence-electron chi connectivity index (χ4n) is 2.21. The number of amides is 1. The molecule has 1 N–H and O–H groups in total. The third kappa shape index (κ3) is 6.38. The number of rotatable bonds is 10. The summed E-state index contributed by atoms with van der Waals surface area (Å²) in [6.45, 7) is 3.49. The summed E-state index contributed by atoms with van der Waals surface area (Å²) in [5.41, 5.74) is 2.70. The van der Waals surface area contributed by atoms with E-state index < -0.39 is 0 Å². The molecule has 10 nitrogen and oxygen atoms in total. The number of hydrogen-bond donors (Lipinski definition) is 1. The highest BCUT2D eigenvalue weighted by Gasteiger charge is 2.17. The van der Waals surface area contributed by atoms with E-state index in [1.165, 1.54) is 28.4 Å². The van der Waals surface area contributed by atoms with Crippen molar-refractivity contribution in [1.29, 1.82) is 0 Å². The van der Waals surface area contributed by atoms with E-state index in [9.17, 15) is 4.79 Å². The molecule has 0 radical (unpaired) electrons. The Labute approximate surface area is 163 Å². The molecule has 152 valence electrons. The zero-order valence-electron chi connectivity index (χ0n) is 16.8. The second-order valence-electron chi connectivity index (χ2n) is 5.29. The van der Waals surface area contributed by atoms with Gasteiger partial charge in [-0.05, 0) is 13.8 Å². The molecule has 0 atom stereocenters. The average Bonchev–Trinajstić information content (AvgIpc) is 2.70. The first-order valence-corrected chi connectivity index (χ1v) is 8.27. The Balaban J connectivity index is 3.06. The molecule has 0 aliphatic carbocycles. The monoisotopic (exact) mass is 391 g/mol. The van der Waals surface area contributed by atoms with E-state index in [4.69, 9.17) is 19.4 Å². The summed E-state index contributed by atoms with van der Waals surface area (Å²) in [6, 6.07) is 7.15. The highest BCUT2D eigenvalue weighted by Crippen LogP contribution is 2.13. The SMILES string of the molecule is CNC(=O)/C(=N\OC)c1ccccc1CO\N=C(C)/C(=N\OC)C(/C)=N\OC. The van der Waals surface area contributed by atoms with Crippen LogP contribution in [-0.2, 0) is 30.8 Å². The maximum absolute atomic E-state index is 12.1. The molecule has 1 aromatic rings. The first kappa shape index (κ1) is 22.6. The van der Waals surface area contributed by atoms with Crippen LogP contribution in [0.15, 0.2) is 44.9 Å². The topological polar surface area (TPSA) is 115 Å². The normalized spacial score (nSPS) is 13.1. The molecule has 1 aromatic carbocycles. The number of oxime groups is 4. The molecule has 0 fully saturated rings. The summed E-state index contributed by atoms with van der Waals surface area (Å²) in [7, 11) is 5.73. The van der Waals surface area contributed by atoms with Crippen LogP contribution in [-0.4, -0.2) is 57.1 Å². The van der Waals surface area contributed by atoms with Gasteiger partial charge in [-0.3, -0.25) is 4.79 Å². The summed E-state index contributed by atoms with van der Waals surface area (Å²) >= 11 is 0. The summed E-state index contributed by atoms with van der Waals surface area (Å²) in [5.74, 6) is -0.380. The van der Waals surface area contributed by atoms with Gasteiger partial charge in [0.25, 0.3) is 5.91 Å². The molecule has 0 spiro atoms. The number of nitrogens with zero attached hydrogens (tertiary/aromatic N) is 4. The smallest absolute Gasteiger partial charge is 0.273 e. The zero-order valence-corrected chi connectivity index (χ0v) is 16.8. The van der Waals surface area contributed by atoms with Crippen LogP contribution in [0.25, 0.3) is 0 Å². The van der Waals surface area contributed by atoms with Crippen LogP contribution in [0, 0.1) is 0 Å². The lowest BCUT2D eigenvalue weighted by Crippen LogP contribution is -2.29. The van der Waals surface area contributed by atoms with E-state index in [0.717, 1.165) is 0 Å². The van der Waals surface area contributed by atoms with Gasteiger partial charge in [0, 0.05) is 18.2 Å². The maximum Gasteiger partial charge on any atom is 0.273 e. The Morgan fingerprint density at radius 3 is 2.14 bits per heavy atom. The van der Waals surface area contributed by atoms with Crippen LogP contribution < -0.4 is 5.32 Å². The van der Waals surface area contributed by atoms with Crippen molar-refractivity contribution in [2.45, 2.75) is 20.5 Å². The first-order chi connectivity index (χ1) is 13.5. The van der Waals surface area contributed by atoms with Crippen molar-refractivity contribution in [3.63, 3.8) is 0 Å². The Bertz CT molecular complexity index is 786. The van der Waals surface area contributed by atoms with Gasteiger partial charge in [0.15, 0.2) is 11.4 Å². The molecule has 1 amide bonds. The molecule has 28 heavy (non-hydrogen) atoms. The molecule has 0 saturated carbocycles. The van der Waals surface area contributed by atoms with Crippen molar-refractivity contribution in [2.24, 2.45) is 20.6 Å². The number of hydrogen-bond acceptors (Lipinski definition) is 9. The van der Waals surface area contributed by atoms with Crippen molar-refractivity contribution in [3.05, 3.63) is 35.4 Å². The highest BCUT2D eigenvalue weighted by molar-refractivity contribution is 6.67. The minimum absolute atomic E-state index is 0.0912. The Hall–Kier alpha value is -3.43. The molecular weight excluding hydrogens is 366 g/mol. The second-order valence-corrected chi connectivity index (χ2v) is 5.29. The lowest BCUT2D eigenvalue weighted by molar-refractivity contribution is -0.114. The van der Waals surface area contributed by atoms with Gasteiger partial charge in [-0.2, -0.15) is 0 Å². The van der Waals surface area contributed by atoms with Gasteiger partial charge in [0.05, 0.1) is 0 Å². The van der Waals surface area contributed by atoms with Crippen LogP contribution in [0.3, 0.4) is 0 Å². The van der Waals surface area contributed by atoms with E-state index in [2.05, 4.69) is 25.9 Å². The number of benzene rings is 1. The Morgan fingerprint density at radius 2 is 1.54 bits per heavy atom. The van der Waals surface area contributed by atoms with E-state index in [1.807, 2.05) is 6.07 Å². The zero-order chi connectivity index (χ0) is 20.9. The molecular formula is C18H25N5O5. The number of likely N-dealkylation sites (N-methyl/N-ethyl adjacent to an activating group) is 1. The minimum Gasteiger partial charge on any atom is -0.399 e. The van der Waals surface area contributed by atoms with Crippen LogP contribution in [0.4, 0.5) is 0 Å². The van der Waals surface area contributed by atoms with Crippen molar-refractivity contribution in [3.8, 4) is 0 Å². The first-order valence-electron chi connectivity index (χ1n) is 8.27. The highest BCUT2D eigenvalue weighted by atomic mass is 16.6. The average molecular weight is 391 g/mol. The summed E-state index contributed by atoms with van der Waals surface area (Å²) in [5, 5.41) is 18.1. The number of carbonyl (C=O) groups excluding carboxylic acids is 1. The van der Waals surface area contributed by atoms with Crippen molar-refractivity contribution < 1.29 is 24.1 Å². The van der Waals surface area contributed by atoms with Gasteiger partial charge in [-0.25, -0.2) is 0 Å². The predicted octanol–water partition coefficient (Wildman–Crippen LogP) is 1.70.